The Morgan fingerprint density at radius 3 is 2.69 bits per heavy atom. The van der Waals surface area contributed by atoms with Crippen LogP contribution in [0.2, 0.25) is 0 Å². The van der Waals surface area contributed by atoms with Crippen molar-refractivity contribution in [3.63, 3.8) is 0 Å². The van der Waals surface area contributed by atoms with Crippen molar-refractivity contribution in [3.05, 3.63) is 35.4 Å². The quantitative estimate of drug-likeness (QED) is 0.629. The van der Waals surface area contributed by atoms with Gasteiger partial charge in [-0.25, -0.2) is 0 Å². The number of thioether (sulfide) groups is 1. The van der Waals surface area contributed by atoms with Crippen molar-refractivity contribution in [2.24, 2.45) is 0 Å². The first-order valence-corrected chi connectivity index (χ1v) is 12.8. The van der Waals surface area contributed by atoms with Gasteiger partial charge in [0, 0.05) is 0 Å². The van der Waals surface area contributed by atoms with Crippen LogP contribution >= 0.6 is 11.8 Å². The number of carbonyl (C=O) groups is 3. The van der Waals surface area contributed by atoms with Crippen LogP contribution in [0.15, 0.2) is 24.3 Å². The van der Waals surface area contributed by atoms with E-state index in [1.54, 1.807) is 30.6 Å². The molecule has 8 heteroatoms. The van der Waals surface area contributed by atoms with Crippen LogP contribution in [0.4, 0.5) is 0 Å². The number of likely N-dealkylation sites (N-methyl/N-ethyl adjacent to an activating group) is 1. The zero-order valence-corrected chi connectivity index (χ0v) is 19.7. The van der Waals surface area contributed by atoms with Gasteiger partial charge in [0.1, 0.15) is 12.1 Å². The lowest BCUT2D eigenvalue weighted by molar-refractivity contribution is -0.146. The Kier molecular flexibility index (Phi) is 7.40. The minimum absolute atomic E-state index is 0.00506. The van der Waals surface area contributed by atoms with Crippen molar-refractivity contribution in [2.45, 2.75) is 81.4 Å². The molecule has 5 atom stereocenters. The molecule has 3 aliphatic rings. The number of piperidine rings is 1. The van der Waals surface area contributed by atoms with Crippen LogP contribution in [0.5, 0.6) is 0 Å². The van der Waals surface area contributed by atoms with E-state index in [0.717, 1.165) is 37.9 Å². The van der Waals surface area contributed by atoms with E-state index in [0.29, 0.717) is 12.8 Å². The summed E-state index contributed by atoms with van der Waals surface area (Å²) < 4.78 is 0. The van der Waals surface area contributed by atoms with Gasteiger partial charge in [-0.1, -0.05) is 24.3 Å². The fraction of sp³-hybridized carbons (Fsp3) is 0.625. The molecule has 2 saturated heterocycles. The number of rotatable bonds is 5. The summed E-state index contributed by atoms with van der Waals surface area (Å²) in [4.78, 5) is 41.2. The normalized spacial score (nSPS) is 28.7. The van der Waals surface area contributed by atoms with Crippen LogP contribution < -0.4 is 16.0 Å². The Morgan fingerprint density at radius 1 is 1.06 bits per heavy atom. The highest BCUT2D eigenvalue weighted by molar-refractivity contribution is 7.99. The number of amides is 3. The van der Waals surface area contributed by atoms with E-state index in [2.05, 4.69) is 28.1 Å². The number of fused-ring (bicyclic) bond motifs is 2. The molecule has 1 aromatic carbocycles. The first kappa shape index (κ1) is 23.1. The average molecular weight is 459 g/mol. The smallest absolute Gasteiger partial charge is 0.246 e. The zero-order valence-electron chi connectivity index (χ0n) is 18.9. The van der Waals surface area contributed by atoms with E-state index in [9.17, 15) is 14.4 Å². The van der Waals surface area contributed by atoms with Crippen LogP contribution in [-0.2, 0) is 20.8 Å². The van der Waals surface area contributed by atoms with Crippen molar-refractivity contribution >= 4 is 29.5 Å². The first-order valence-electron chi connectivity index (χ1n) is 11.8. The molecule has 4 rings (SSSR count). The minimum atomic E-state index is -0.584. The average Bonchev–Trinajstić information content (AvgIpc) is 2.97. The number of nitrogens with zero attached hydrogens (tertiary/aromatic N) is 1. The van der Waals surface area contributed by atoms with E-state index < -0.39 is 12.1 Å². The zero-order chi connectivity index (χ0) is 22.7. The van der Waals surface area contributed by atoms with E-state index in [1.165, 1.54) is 11.1 Å². The summed E-state index contributed by atoms with van der Waals surface area (Å²) in [5, 5.41) is 9.08. The number of hydrogen-bond acceptors (Lipinski definition) is 5. The summed E-state index contributed by atoms with van der Waals surface area (Å²) >= 11 is 1.73. The molecule has 32 heavy (non-hydrogen) atoms. The lowest BCUT2D eigenvalue weighted by Gasteiger charge is -2.41. The maximum Gasteiger partial charge on any atom is 0.246 e. The predicted molar refractivity (Wildman–Crippen MR) is 126 cm³/mol. The maximum atomic E-state index is 13.5. The van der Waals surface area contributed by atoms with Gasteiger partial charge >= 0.3 is 0 Å². The molecule has 7 nitrogen and oxygen atoms in total. The van der Waals surface area contributed by atoms with Crippen molar-refractivity contribution < 1.29 is 14.4 Å². The Bertz CT molecular complexity index is 863. The number of nitrogens with one attached hydrogen (secondary N) is 3. The standard InChI is InChI=1S/C24H34N4O3S/c1-15(25-2)22(29)27-19-13-14-32-21-12-6-11-20(28(21)24(19)31)23(30)26-18-10-5-8-16-7-3-4-9-17(16)18/h3-4,7,9,15,18-21,25H,5-6,8,10-14H2,1-2H3,(H,26,30)(H,27,29)/t15-,18+,19-,20?,21?/m0/s1. The molecular weight excluding hydrogens is 424 g/mol. The minimum Gasteiger partial charge on any atom is -0.347 e. The summed E-state index contributed by atoms with van der Waals surface area (Å²) in [6.45, 7) is 1.77. The molecule has 1 aromatic rings. The highest BCUT2D eigenvalue weighted by Crippen LogP contribution is 2.35. The summed E-state index contributed by atoms with van der Waals surface area (Å²) in [5.74, 6) is 0.406. The summed E-state index contributed by atoms with van der Waals surface area (Å²) in [6, 6.07) is 6.86. The van der Waals surface area contributed by atoms with E-state index in [-0.39, 0.29) is 35.2 Å². The summed E-state index contributed by atoms with van der Waals surface area (Å²) in [7, 11) is 1.72. The highest BCUT2D eigenvalue weighted by atomic mass is 32.2. The molecule has 2 fully saturated rings. The lowest BCUT2D eigenvalue weighted by atomic mass is 9.87. The molecule has 1 aliphatic carbocycles. The fourth-order valence-corrected chi connectivity index (χ4v) is 6.43. The Morgan fingerprint density at radius 2 is 1.88 bits per heavy atom. The molecule has 0 spiro atoms. The molecule has 3 N–H and O–H groups in total. The molecule has 2 heterocycles. The van der Waals surface area contributed by atoms with Gasteiger partial charge in [-0.05, 0) is 75.8 Å². The van der Waals surface area contributed by atoms with E-state index >= 15 is 0 Å². The largest absolute Gasteiger partial charge is 0.347 e. The number of aryl methyl sites for hydroxylation is 1. The number of hydrogen-bond donors (Lipinski definition) is 3. The molecule has 174 valence electrons. The Balaban J connectivity index is 1.50. The molecule has 0 saturated carbocycles. The van der Waals surface area contributed by atoms with Crippen LogP contribution in [0.3, 0.4) is 0 Å². The van der Waals surface area contributed by atoms with Crippen LogP contribution in [0, 0.1) is 0 Å². The third kappa shape index (κ3) is 4.81. The van der Waals surface area contributed by atoms with Gasteiger partial charge in [0.2, 0.25) is 17.7 Å². The maximum absolute atomic E-state index is 13.5. The van der Waals surface area contributed by atoms with Crippen molar-refractivity contribution in [1.29, 1.82) is 0 Å². The third-order valence-electron chi connectivity index (χ3n) is 6.98. The molecular formula is C24H34N4O3S. The molecule has 2 aliphatic heterocycles. The van der Waals surface area contributed by atoms with Gasteiger partial charge in [-0.15, -0.1) is 11.8 Å². The van der Waals surface area contributed by atoms with Crippen LogP contribution in [0.1, 0.15) is 62.6 Å². The molecule has 0 bridgehead atoms. The molecule has 0 aromatic heterocycles. The van der Waals surface area contributed by atoms with Crippen molar-refractivity contribution in [1.82, 2.24) is 20.9 Å². The lowest BCUT2D eigenvalue weighted by Crippen LogP contribution is -2.60. The van der Waals surface area contributed by atoms with Gasteiger partial charge in [0.05, 0.1) is 17.5 Å². The first-order chi connectivity index (χ1) is 15.5. The number of benzene rings is 1. The molecule has 0 radical (unpaired) electrons. The number of carbonyl (C=O) groups excluding carboxylic acids is 3. The monoisotopic (exact) mass is 458 g/mol. The second kappa shape index (κ2) is 10.3. The topological polar surface area (TPSA) is 90.5 Å². The molecule has 2 unspecified atom stereocenters. The van der Waals surface area contributed by atoms with Gasteiger partial charge in [0.25, 0.3) is 0 Å². The Hall–Kier alpha value is -2.06. The van der Waals surface area contributed by atoms with Gasteiger partial charge in [0.15, 0.2) is 0 Å². The highest BCUT2D eigenvalue weighted by Gasteiger charge is 2.43. The van der Waals surface area contributed by atoms with Crippen molar-refractivity contribution in [3.8, 4) is 0 Å². The van der Waals surface area contributed by atoms with Crippen LogP contribution in [0.25, 0.3) is 0 Å². The predicted octanol–water partition coefficient (Wildman–Crippen LogP) is 2.12. The Labute approximate surface area is 194 Å². The SMILES string of the molecule is CN[C@@H](C)C(=O)N[C@H]1CCSC2CCCC(C(=O)N[C@@H]3CCCc4ccccc43)N2C1=O. The fourth-order valence-electron chi connectivity index (χ4n) is 5.04. The van der Waals surface area contributed by atoms with Gasteiger partial charge in [-0.3, -0.25) is 14.4 Å². The van der Waals surface area contributed by atoms with Crippen molar-refractivity contribution in [2.75, 3.05) is 12.8 Å². The van der Waals surface area contributed by atoms with Gasteiger partial charge < -0.3 is 20.9 Å². The molecule has 3 amide bonds. The summed E-state index contributed by atoms with van der Waals surface area (Å²) in [5.41, 5.74) is 2.50. The summed E-state index contributed by atoms with van der Waals surface area (Å²) in [6.07, 6.45) is 6.07. The third-order valence-corrected chi connectivity index (χ3v) is 8.29. The second-order valence-corrected chi connectivity index (χ2v) is 10.3. The van der Waals surface area contributed by atoms with Crippen LogP contribution in [-0.4, -0.2) is 58.9 Å². The van der Waals surface area contributed by atoms with E-state index in [1.807, 2.05) is 12.1 Å². The van der Waals surface area contributed by atoms with Gasteiger partial charge in [-0.2, -0.15) is 0 Å². The van der Waals surface area contributed by atoms with E-state index in [4.69, 9.17) is 0 Å². The second-order valence-electron chi connectivity index (χ2n) is 9.03.